The van der Waals surface area contributed by atoms with Crippen molar-refractivity contribution in [3.05, 3.63) is 114 Å². The van der Waals surface area contributed by atoms with Crippen LogP contribution in [0.4, 0.5) is 5.69 Å². The van der Waals surface area contributed by atoms with Gasteiger partial charge in [-0.1, -0.05) is 72.8 Å². The highest BCUT2D eigenvalue weighted by atomic mass is 15.5. The van der Waals surface area contributed by atoms with E-state index in [1.54, 1.807) is 0 Å². The number of fused-ring (bicyclic) bond motifs is 3. The van der Waals surface area contributed by atoms with Crippen molar-refractivity contribution in [3.63, 3.8) is 0 Å². The van der Waals surface area contributed by atoms with Crippen LogP contribution < -0.4 is 5.01 Å². The molecule has 1 atom stereocenters. The van der Waals surface area contributed by atoms with E-state index in [2.05, 4.69) is 120 Å². The molecule has 0 saturated carbocycles. The topological polar surface area (TPSA) is 20.5 Å². The van der Waals surface area contributed by atoms with Gasteiger partial charge in [-0.05, 0) is 41.5 Å². The molecular formula is C28H23N3. The summed E-state index contributed by atoms with van der Waals surface area (Å²) in [5.41, 5.74) is 7.25. The smallest absolute Gasteiger partial charge is 0.0831 e. The lowest BCUT2D eigenvalue weighted by Gasteiger charge is -2.23. The van der Waals surface area contributed by atoms with Gasteiger partial charge < -0.3 is 4.57 Å². The van der Waals surface area contributed by atoms with E-state index in [0.29, 0.717) is 0 Å². The SMILES string of the molecule is Cn1c2ccccc2c2cc(C3=NN(c4ccccc4)C(c4ccccc4)C3)ccc21. The van der Waals surface area contributed by atoms with Gasteiger partial charge in [0.15, 0.2) is 0 Å². The molecule has 0 amide bonds. The number of hydrazone groups is 1. The summed E-state index contributed by atoms with van der Waals surface area (Å²) in [6.45, 7) is 0. The Morgan fingerprint density at radius 2 is 1.39 bits per heavy atom. The van der Waals surface area contributed by atoms with E-state index < -0.39 is 0 Å². The van der Waals surface area contributed by atoms with Crippen LogP contribution in [-0.4, -0.2) is 10.3 Å². The van der Waals surface area contributed by atoms with Crippen molar-refractivity contribution in [2.75, 3.05) is 5.01 Å². The molecule has 0 aliphatic carbocycles. The van der Waals surface area contributed by atoms with E-state index in [-0.39, 0.29) is 6.04 Å². The predicted molar refractivity (Wildman–Crippen MR) is 130 cm³/mol. The van der Waals surface area contributed by atoms with Gasteiger partial charge in [-0.2, -0.15) is 5.10 Å². The Bertz CT molecular complexity index is 1410. The molecule has 0 spiro atoms. The summed E-state index contributed by atoms with van der Waals surface area (Å²) >= 11 is 0. The average molecular weight is 402 g/mol. The molecule has 4 aromatic carbocycles. The van der Waals surface area contributed by atoms with Crippen LogP contribution in [0.2, 0.25) is 0 Å². The van der Waals surface area contributed by atoms with Crippen molar-refractivity contribution in [1.29, 1.82) is 0 Å². The predicted octanol–water partition coefficient (Wildman–Crippen LogP) is 6.69. The van der Waals surface area contributed by atoms with Gasteiger partial charge in [-0.3, -0.25) is 5.01 Å². The highest BCUT2D eigenvalue weighted by molar-refractivity contribution is 6.12. The molecule has 0 N–H and O–H groups in total. The minimum atomic E-state index is 0.196. The van der Waals surface area contributed by atoms with Crippen LogP contribution in [0.1, 0.15) is 23.6 Å². The zero-order valence-corrected chi connectivity index (χ0v) is 17.4. The highest BCUT2D eigenvalue weighted by Crippen LogP contribution is 2.37. The highest BCUT2D eigenvalue weighted by Gasteiger charge is 2.30. The van der Waals surface area contributed by atoms with Gasteiger partial charge in [0, 0.05) is 35.3 Å². The maximum absolute atomic E-state index is 5.12. The third kappa shape index (κ3) is 2.93. The second-order valence-electron chi connectivity index (χ2n) is 8.17. The summed E-state index contributed by atoms with van der Waals surface area (Å²) in [7, 11) is 2.14. The van der Waals surface area contributed by atoms with Crippen molar-refractivity contribution >= 4 is 33.2 Å². The van der Waals surface area contributed by atoms with Gasteiger partial charge in [0.2, 0.25) is 0 Å². The van der Waals surface area contributed by atoms with E-state index >= 15 is 0 Å². The van der Waals surface area contributed by atoms with Crippen LogP contribution in [0.15, 0.2) is 108 Å². The number of rotatable bonds is 3. The van der Waals surface area contributed by atoms with E-state index in [4.69, 9.17) is 5.10 Å². The lowest BCUT2D eigenvalue weighted by atomic mass is 9.97. The number of benzene rings is 4. The number of aromatic nitrogens is 1. The Morgan fingerprint density at radius 1 is 0.710 bits per heavy atom. The van der Waals surface area contributed by atoms with Crippen molar-refractivity contribution in [2.45, 2.75) is 12.5 Å². The zero-order valence-electron chi connectivity index (χ0n) is 17.4. The monoisotopic (exact) mass is 401 g/mol. The zero-order chi connectivity index (χ0) is 20.8. The van der Waals surface area contributed by atoms with Crippen LogP contribution in [0, 0.1) is 0 Å². The number of para-hydroxylation sites is 2. The second kappa shape index (κ2) is 7.13. The molecule has 150 valence electrons. The van der Waals surface area contributed by atoms with Gasteiger partial charge in [-0.25, -0.2) is 0 Å². The first-order valence-corrected chi connectivity index (χ1v) is 10.7. The minimum Gasteiger partial charge on any atom is -0.344 e. The third-order valence-corrected chi connectivity index (χ3v) is 6.36. The van der Waals surface area contributed by atoms with Gasteiger partial charge in [-0.15, -0.1) is 0 Å². The van der Waals surface area contributed by atoms with Crippen LogP contribution in [0.5, 0.6) is 0 Å². The molecule has 0 radical (unpaired) electrons. The van der Waals surface area contributed by atoms with Gasteiger partial charge in [0.1, 0.15) is 0 Å². The first kappa shape index (κ1) is 18.0. The number of aryl methyl sites for hydroxylation is 1. The summed E-state index contributed by atoms with van der Waals surface area (Å²) in [6, 6.07) is 36.7. The number of anilines is 1. The van der Waals surface area contributed by atoms with E-state index in [0.717, 1.165) is 17.8 Å². The van der Waals surface area contributed by atoms with E-state index in [9.17, 15) is 0 Å². The molecule has 0 fully saturated rings. The molecule has 0 bridgehead atoms. The minimum absolute atomic E-state index is 0.196. The van der Waals surface area contributed by atoms with Crippen molar-refractivity contribution < 1.29 is 0 Å². The molecular weight excluding hydrogens is 378 g/mol. The van der Waals surface area contributed by atoms with Gasteiger partial charge >= 0.3 is 0 Å². The quantitative estimate of drug-likeness (QED) is 0.330. The molecule has 3 nitrogen and oxygen atoms in total. The molecule has 1 aromatic heterocycles. The number of nitrogens with zero attached hydrogens (tertiary/aromatic N) is 3. The van der Waals surface area contributed by atoms with Crippen LogP contribution in [-0.2, 0) is 7.05 Å². The van der Waals surface area contributed by atoms with Crippen LogP contribution >= 0.6 is 0 Å². The summed E-state index contributed by atoms with van der Waals surface area (Å²) < 4.78 is 2.27. The first-order valence-electron chi connectivity index (χ1n) is 10.7. The van der Waals surface area contributed by atoms with Crippen molar-refractivity contribution in [3.8, 4) is 0 Å². The van der Waals surface area contributed by atoms with Crippen LogP contribution in [0.3, 0.4) is 0 Å². The maximum atomic E-state index is 5.12. The van der Waals surface area contributed by atoms with Crippen molar-refractivity contribution in [1.82, 2.24) is 4.57 Å². The third-order valence-electron chi connectivity index (χ3n) is 6.36. The molecule has 2 heterocycles. The molecule has 1 aliphatic heterocycles. The molecule has 31 heavy (non-hydrogen) atoms. The fourth-order valence-electron chi connectivity index (χ4n) is 4.79. The first-order chi connectivity index (χ1) is 15.3. The summed E-state index contributed by atoms with van der Waals surface area (Å²) in [6.07, 6.45) is 0.884. The lowest BCUT2D eigenvalue weighted by Crippen LogP contribution is -2.18. The Hall–Kier alpha value is -3.85. The standard InChI is InChI=1S/C28H23N3/c1-30-26-15-9-8-14-23(26)24-18-21(16-17-27(24)30)25-19-28(20-10-4-2-5-11-20)31(29-25)22-12-6-3-7-13-22/h2-18,28H,19H2,1H3. The van der Waals surface area contributed by atoms with Gasteiger partial charge in [0.25, 0.3) is 0 Å². The fourth-order valence-corrected chi connectivity index (χ4v) is 4.79. The normalized spacial score (nSPS) is 16.2. The largest absolute Gasteiger partial charge is 0.344 e. The molecule has 1 aliphatic rings. The van der Waals surface area contributed by atoms with Crippen LogP contribution in [0.25, 0.3) is 21.8 Å². The maximum Gasteiger partial charge on any atom is 0.0831 e. The lowest BCUT2D eigenvalue weighted by molar-refractivity contribution is 0.709. The molecule has 3 heteroatoms. The van der Waals surface area contributed by atoms with Gasteiger partial charge in [0.05, 0.1) is 17.4 Å². The molecule has 0 saturated heterocycles. The average Bonchev–Trinajstić information content (AvgIpc) is 3.41. The number of hydrogen-bond donors (Lipinski definition) is 0. The number of hydrogen-bond acceptors (Lipinski definition) is 2. The van der Waals surface area contributed by atoms with E-state index in [1.165, 1.54) is 32.9 Å². The fraction of sp³-hybridized carbons (Fsp3) is 0.107. The Balaban J connectivity index is 1.48. The Labute approximate surface area is 181 Å². The Kier molecular flexibility index (Phi) is 4.13. The summed E-state index contributed by atoms with van der Waals surface area (Å²) in [5, 5.41) is 9.88. The molecule has 6 rings (SSSR count). The molecule has 1 unspecified atom stereocenters. The summed E-state index contributed by atoms with van der Waals surface area (Å²) in [5.74, 6) is 0. The second-order valence-corrected chi connectivity index (χ2v) is 8.17. The van der Waals surface area contributed by atoms with E-state index in [1.807, 2.05) is 0 Å². The Morgan fingerprint density at radius 3 is 2.19 bits per heavy atom. The van der Waals surface area contributed by atoms with Crippen molar-refractivity contribution in [2.24, 2.45) is 12.1 Å². The molecule has 5 aromatic rings. The summed E-state index contributed by atoms with van der Waals surface area (Å²) in [4.78, 5) is 0.